The van der Waals surface area contributed by atoms with Gasteiger partial charge in [0.05, 0.1) is 18.1 Å². The predicted molar refractivity (Wildman–Crippen MR) is 91.7 cm³/mol. The molecule has 126 valence electrons. The Morgan fingerprint density at radius 2 is 1.96 bits per heavy atom. The van der Waals surface area contributed by atoms with Crippen molar-refractivity contribution in [2.45, 2.75) is 6.92 Å². The Kier molecular flexibility index (Phi) is 6.41. The van der Waals surface area contributed by atoms with Gasteiger partial charge in [-0.25, -0.2) is 0 Å². The fraction of sp³-hybridized carbons (Fsp3) is 0.500. The van der Waals surface area contributed by atoms with E-state index in [0.29, 0.717) is 50.6 Å². The molecule has 1 heterocycles. The van der Waals surface area contributed by atoms with Gasteiger partial charge in [0.1, 0.15) is 5.75 Å². The number of halogens is 1. The first kappa shape index (κ1) is 17.7. The molecule has 0 aromatic heterocycles. The number of nitrogens with zero attached hydrogens (tertiary/aromatic N) is 2. The predicted octanol–water partition coefficient (Wildman–Crippen LogP) is 1.35. The monoisotopic (exact) mass is 383 g/mol. The van der Waals surface area contributed by atoms with E-state index in [4.69, 9.17) is 4.74 Å². The molecule has 6 nitrogen and oxygen atoms in total. The second kappa shape index (κ2) is 8.31. The van der Waals surface area contributed by atoms with Crippen molar-refractivity contribution in [3.8, 4) is 5.75 Å². The molecule has 2 amide bonds. The van der Waals surface area contributed by atoms with Crippen molar-refractivity contribution in [3.63, 3.8) is 0 Å². The lowest BCUT2D eigenvalue weighted by atomic mass is 10.1. The molecular formula is C16H22BrN3O3. The standard InChI is InChI=1S/C16H22BrN3O3/c1-3-18-15(21)11-19-6-8-20(9-7-19)16(22)12-4-5-14(23-2)13(17)10-12/h4-5,10H,3,6-9,11H2,1-2H3,(H,18,21). The van der Waals surface area contributed by atoms with Gasteiger partial charge in [0.15, 0.2) is 0 Å². The van der Waals surface area contributed by atoms with Gasteiger partial charge in [0.2, 0.25) is 5.91 Å². The number of ether oxygens (including phenoxy) is 1. The smallest absolute Gasteiger partial charge is 0.253 e. The number of carbonyl (C=O) groups excluding carboxylic acids is 2. The van der Waals surface area contributed by atoms with Crippen LogP contribution in [0.15, 0.2) is 22.7 Å². The van der Waals surface area contributed by atoms with E-state index in [0.717, 1.165) is 4.47 Å². The molecule has 1 aromatic carbocycles. The zero-order valence-electron chi connectivity index (χ0n) is 13.5. The van der Waals surface area contributed by atoms with Crippen LogP contribution in [0.5, 0.6) is 5.75 Å². The molecule has 7 heteroatoms. The average molecular weight is 384 g/mol. The fourth-order valence-corrected chi connectivity index (χ4v) is 3.09. The minimum Gasteiger partial charge on any atom is -0.496 e. The van der Waals surface area contributed by atoms with Crippen LogP contribution in [-0.4, -0.2) is 68.0 Å². The van der Waals surface area contributed by atoms with E-state index < -0.39 is 0 Å². The number of amides is 2. The van der Waals surface area contributed by atoms with E-state index in [1.807, 2.05) is 11.8 Å². The third-order valence-corrected chi connectivity index (χ3v) is 4.42. The lowest BCUT2D eigenvalue weighted by Crippen LogP contribution is -2.51. The first-order valence-corrected chi connectivity index (χ1v) is 8.46. The Balaban J connectivity index is 1.90. The molecule has 1 aliphatic rings. The second-order valence-electron chi connectivity index (χ2n) is 5.37. The SMILES string of the molecule is CCNC(=O)CN1CCN(C(=O)c2ccc(OC)c(Br)c2)CC1. The zero-order valence-corrected chi connectivity index (χ0v) is 15.1. The molecule has 2 rings (SSSR count). The molecule has 0 aliphatic carbocycles. The molecule has 23 heavy (non-hydrogen) atoms. The second-order valence-corrected chi connectivity index (χ2v) is 6.23. The summed E-state index contributed by atoms with van der Waals surface area (Å²) in [6.45, 7) is 5.61. The molecule has 1 saturated heterocycles. The van der Waals surface area contributed by atoms with E-state index in [1.54, 1.807) is 25.3 Å². The first-order chi connectivity index (χ1) is 11.0. The number of piperazine rings is 1. The van der Waals surface area contributed by atoms with Crippen molar-refractivity contribution in [2.24, 2.45) is 0 Å². The third kappa shape index (κ3) is 4.68. The molecular weight excluding hydrogens is 362 g/mol. The molecule has 0 spiro atoms. The fourth-order valence-electron chi connectivity index (χ4n) is 2.55. The van der Waals surface area contributed by atoms with Crippen LogP contribution in [0.3, 0.4) is 0 Å². The number of rotatable bonds is 5. The lowest BCUT2D eigenvalue weighted by molar-refractivity contribution is -0.122. The minimum atomic E-state index is 0.00557. The maximum absolute atomic E-state index is 12.5. The van der Waals surface area contributed by atoms with Crippen molar-refractivity contribution in [3.05, 3.63) is 28.2 Å². The Hall–Kier alpha value is -1.60. The van der Waals surface area contributed by atoms with Gasteiger partial charge in [-0.1, -0.05) is 0 Å². The summed E-state index contributed by atoms with van der Waals surface area (Å²) in [5, 5.41) is 2.79. The Labute approximate surface area is 144 Å². The molecule has 0 radical (unpaired) electrons. The summed E-state index contributed by atoms with van der Waals surface area (Å²) in [7, 11) is 1.59. The van der Waals surface area contributed by atoms with E-state index in [9.17, 15) is 9.59 Å². The van der Waals surface area contributed by atoms with E-state index in [1.165, 1.54) is 0 Å². The summed E-state index contributed by atoms with van der Waals surface area (Å²) in [6.07, 6.45) is 0. The van der Waals surface area contributed by atoms with Crippen LogP contribution in [0.4, 0.5) is 0 Å². The number of methoxy groups -OCH3 is 1. The number of hydrogen-bond donors (Lipinski definition) is 1. The number of hydrogen-bond acceptors (Lipinski definition) is 4. The van der Waals surface area contributed by atoms with Crippen molar-refractivity contribution in [2.75, 3.05) is 46.4 Å². The van der Waals surface area contributed by atoms with Crippen LogP contribution in [0.25, 0.3) is 0 Å². The molecule has 1 aromatic rings. The minimum absolute atomic E-state index is 0.00557. The van der Waals surface area contributed by atoms with Gasteiger partial charge < -0.3 is 15.0 Å². The maximum Gasteiger partial charge on any atom is 0.253 e. The highest BCUT2D eigenvalue weighted by atomic mass is 79.9. The third-order valence-electron chi connectivity index (χ3n) is 3.80. The number of benzene rings is 1. The summed E-state index contributed by atoms with van der Waals surface area (Å²) >= 11 is 3.40. The van der Waals surface area contributed by atoms with Gasteiger partial charge in [0, 0.05) is 38.3 Å². The van der Waals surface area contributed by atoms with Crippen LogP contribution in [0.2, 0.25) is 0 Å². The summed E-state index contributed by atoms with van der Waals surface area (Å²) < 4.78 is 5.94. The highest BCUT2D eigenvalue weighted by molar-refractivity contribution is 9.10. The Morgan fingerprint density at radius 1 is 1.26 bits per heavy atom. The number of likely N-dealkylation sites (N-methyl/N-ethyl adjacent to an activating group) is 1. The first-order valence-electron chi connectivity index (χ1n) is 7.67. The normalized spacial score (nSPS) is 15.3. The van der Waals surface area contributed by atoms with E-state index in [-0.39, 0.29) is 11.8 Å². The Bertz CT molecular complexity index is 572. The average Bonchev–Trinajstić information content (AvgIpc) is 2.55. The van der Waals surface area contributed by atoms with Gasteiger partial charge in [-0.05, 0) is 41.1 Å². The lowest BCUT2D eigenvalue weighted by Gasteiger charge is -2.34. The van der Waals surface area contributed by atoms with Crippen LogP contribution >= 0.6 is 15.9 Å². The summed E-state index contributed by atoms with van der Waals surface area (Å²) in [6, 6.07) is 5.33. The molecule has 1 N–H and O–H groups in total. The van der Waals surface area contributed by atoms with Crippen molar-refractivity contribution in [1.82, 2.24) is 15.1 Å². The molecule has 0 saturated carbocycles. The zero-order chi connectivity index (χ0) is 16.8. The largest absolute Gasteiger partial charge is 0.496 e. The molecule has 0 unspecified atom stereocenters. The molecule has 0 atom stereocenters. The van der Waals surface area contributed by atoms with Crippen molar-refractivity contribution in [1.29, 1.82) is 0 Å². The van der Waals surface area contributed by atoms with Gasteiger partial charge >= 0.3 is 0 Å². The van der Waals surface area contributed by atoms with Crippen LogP contribution in [0.1, 0.15) is 17.3 Å². The van der Waals surface area contributed by atoms with Crippen LogP contribution < -0.4 is 10.1 Å². The summed E-state index contributed by atoms with van der Waals surface area (Å²) in [5.41, 5.74) is 0.634. The van der Waals surface area contributed by atoms with Gasteiger partial charge in [-0.3, -0.25) is 14.5 Å². The Morgan fingerprint density at radius 3 is 2.52 bits per heavy atom. The summed E-state index contributed by atoms with van der Waals surface area (Å²) in [4.78, 5) is 28.0. The quantitative estimate of drug-likeness (QED) is 0.833. The van der Waals surface area contributed by atoms with Gasteiger partial charge in [-0.15, -0.1) is 0 Å². The number of nitrogens with one attached hydrogen (secondary N) is 1. The van der Waals surface area contributed by atoms with Gasteiger partial charge in [-0.2, -0.15) is 0 Å². The van der Waals surface area contributed by atoms with Crippen molar-refractivity contribution < 1.29 is 14.3 Å². The van der Waals surface area contributed by atoms with E-state index in [2.05, 4.69) is 26.1 Å². The highest BCUT2D eigenvalue weighted by Crippen LogP contribution is 2.26. The molecule has 1 fully saturated rings. The highest BCUT2D eigenvalue weighted by Gasteiger charge is 2.23. The molecule has 0 bridgehead atoms. The van der Waals surface area contributed by atoms with Crippen molar-refractivity contribution >= 4 is 27.7 Å². The molecule has 1 aliphatic heterocycles. The van der Waals surface area contributed by atoms with E-state index >= 15 is 0 Å². The number of carbonyl (C=O) groups is 2. The van der Waals surface area contributed by atoms with Crippen LogP contribution in [-0.2, 0) is 4.79 Å². The van der Waals surface area contributed by atoms with Crippen LogP contribution in [0, 0.1) is 0 Å². The summed E-state index contributed by atoms with van der Waals surface area (Å²) in [5.74, 6) is 0.741. The topological polar surface area (TPSA) is 61.9 Å². The van der Waals surface area contributed by atoms with Gasteiger partial charge in [0.25, 0.3) is 5.91 Å². The maximum atomic E-state index is 12.5.